The number of amides is 2. The number of benzene rings is 1. The van der Waals surface area contributed by atoms with E-state index in [0.29, 0.717) is 27.5 Å². The fraction of sp³-hybridized carbons (Fsp3) is 0.333. The van der Waals surface area contributed by atoms with E-state index in [0.717, 1.165) is 29.7 Å². The number of hydrogen-bond acceptors (Lipinski definition) is 6. The van der Waals surface area contributed by atoms with E-state index in [9.17, 15) is 9.59 Å². The summed E-state index contributed by atoms with van der Waals surface area (Å²) in [5, 5.41) is 11.1. The number of carbonyl (C=O) groups is 2. The van der Waals surface area contributed by atoms with Gasteiger partial charge in [-0.25, -0.2) is 0 Å². The van der Waals surface area contributed by atoms with Gasteiger partial charge in [0.1, 0.15) is 16.0 Å². The van der Waals surface area contributed by atoms with E-state index in [1.165, 1.54) is 16.2 Å². The van der Waals surface area contributed by atoms with E-state index in [1.807, 2.05) is 12.1 Å². The highest BCUT2D eigenvalue weighted by molar-refractivity contribution is 7.17. The quantitative estimate of drug-likeness (QED) is 0.695. The molecular formula is C18H19N5O3S. The molecule has 3 aromatic rings. The van der Waals surface area contributed by atoms with Gasteiger partial charge in [-0.15, -0.1) is 16.4 Å². The van der Waals surface area contributed by atoms with E-state index >= 15 is 0 Å². The lowest BCUT2D eigenvalue weighted by Gasteiger charge is -2.18. The molecule has 27 heavy (non-hydrogen) atoms. The van der Waals surface area contributed by atoms with Crippen LogP contribution in [0, 0.1) is 5.92 Å². The molecule has 4 rings (SSSR count). The molecule has 1 atom stereocenters. The number of carbonyl (C=O) groups excluding carboxylic acids is 2. The largest absolute Gasteiger partial charge is 0.385 e. The third-order valence-electron chi connectivity index (χ3n) is 4.65. The van der Waals surface area contributed by atoms with Crippen molar-refractivity contribution >= 4 is 39.2 Å². The Balaban J connectivity index is 1.49. The molecular weight excluding hydrogens is 366 g/mol. The first-order valence-electron chi connectivity index (χ1n) is 8.71. The molecule has 1 aromatic carbocycles. The van der Waals surface area contributed by atoms with Crippen molar-refractivity contribution in [3.05, 3.63) is 40.3 Å². The highest BCUT2D eigenvalue weighted by Gasteiger charge is 2.27. The minimum absolute atomic E-state index is 0.259. The average Bonchev–Trinajstić information content (AvgIpc) is 3.20. The molecule has 1 aliphatic carbocycles. The maximum absolute atomic E-state index is 12.4. The lowest BCUT2D eigenvalue weighted by molar-refractivity contribution is -0.121. The van der Waals surface area contributed by atoms with Gasteiger partial charge in [0.15, 0.2) is 6.61 Å². The van der Waals surface area contributed by atoms with Gasteiger partial charge in [0.2, 0.25) is 0 Å². The normalized spacial score (nSPS) is 16.1. The van der Waals surface area contributed by atoms with Crippen LogP contribution < -0.4 is 15.9 Å². The van der Waals surface area contributed by atoms with Gasteiger partial charge in [0.25, 0.3) is 11.8 Å². The van der Waals surface area contributed by atoms with Crippen molar-refractivity contribution in [3.63, 3.8) is 0 Å². The minimum Gasteiger partial charge on any atom is -0.385 e. The minimum atomic E-state index is -0.513. The van der Waals surface area contributed by atoms with Gasteiger partial charge in [-0.05, 0) is 48.1 Å². The maximum atomic E-state index is 12.4. The van der Waals surface area contributed by atoms with Crippen molar-refractivity contribution in [2.45, 2.75) is 26.2 Å². The van der Waals surface area contributed by atoms with Crippen molar-refractivity contribution in [1.29, 1.82) is 0 Å². The van der Waals surface area contributed by atoms with Gasteiger partial charge < -0.3 is 15.9 Å². The van der Waals surface area contributed by atoms with Crippen LogP contribution in [-0.4, -0.2) is 33.6 Å². The highest BCUT2D eigenvalue weighted by Crippen LogP contribution is 2.39. The van der Waals surface area contributed by atoms with E-state index in [4.69, 9.17) is 10.6 Å². The zero-order chi connectivity index (χ0) is 19.0. The van der Waals surface area contributed by atoms with Gasteiger partial charge >= 0.3 is 0 Å². The Bertz CT molecular complexity index is 1030. The molecule has 140 valence electrons. The van der Waals surface area contributed by atoms with Crippen LogP contribution in [-0.2, 0) is 17.6 Å². The zero-order valence-electron chi connectivity index (χ0n) is 14.8. The molecule has 8 nitrogen and oxygen atoms in total. The SMILES string of the molecule is C[C@H]1CCc2c(sc(NC(=O)COn3nnc4ccccc43)c2C(N)=O)C1. The van der Waals surface area contributed by atoms with Crippen LogP contribution in [0.5, 0.6) is 0 Å². The lowest BCUT2D eigenvalue weighted by atomic mass is 9.88. The molecule has 0 saturated heterocycles. The predicted octanol–water partition coefficient (Wildman–Crippen LogP) is 1.78. The number of aromatic nitrogens is 3. The fourth-order valence-electron chi connectivity index (χ4n) is 3.32. The summed E-state index contributed by atoms with van der Waals surface area (Å²) in [5.41, 5.74) is 8.32. The molecule has 2 heterocycles. The van der Waals surface area contributed by atoms with Crippen LogP contribution in [0.4, 0.5) is 5.00 Å². The third-order valence-corrected chi connectivity index (χ3v) is 5.82. The topological polar surface area (TPSA) is 112 Å². The van der Waals surface area contributed by atoms with Gasteiger partial charge in [-0.2, -0.15) is 0 Å². The summed E-state index contributed by atoms with van der Waals surface area (Å²) in [4.78, 5) is 32.1. The van der Waals surface area contributed by atoms with Crippen molar-refractivity contribution in [2.24, 2.45) is 11.7 Å². The number of para-hydroxylation sites is 1. The summed E-state index contributed by atoms with van der Waals surface area (Å²) >= 11 is 1.43. The average molecular weight is 385 g/mol. The molecule has 2 aromatic heterocycles. The fourth-order valence-corrected chi connectivity index (χ4v) is 4.76. The number of hydrogen-bond donors (Lipinski definition) is 2. The number of primary amides is 1. The van der Waals surface area contributed by atoms with Crippen LogP contribution in [0.3, 0.4) is 0 Å². The number of rotatable bonds is 5. The van der Waals surface area contributed by atoms with Gasteiger partial charge in [0.05, 0.1) is 5.56 Å². The molecule has 3 N–H and O–H groups in total. The molecule has 0 bridgehead atoms. The Morgan fingerprint density at radius 3 is 3.04 bits per heavy atom. The third kappa shape index (κ3) is 3.37. The first-order chi connectivity index (χ1) is 13.0. The molecule has 0 spiro atoms. The summed E-state index contributed by atoms with van der Waals surface area (Å²) < 4.78 is 0. The molecule has 0 saturated carbocycles. The second-order valence-electron chi connectivity index (χ2n) is 6.69. The molecule has 0 unspecified atom stereocenters. The first-order valence-corrected chi connectivity index (χ1v) is 9.52. The summed E-state index contributed by atoms with van der Waals surface area (Å²) in [6.07, 6.45) is 2.72. The molecule has 2 amide bonds. The second kappa shape index (κ2) is 6.99. The van der Waals surface area contributed by atoms with E-state index in [2.05, 4.69) is 22.6 Å². The van der Waals surface area contributed by atoms with E-state index < -0.39 is 5.91 Å². The number of fused-ring (bicyclic) bond motifs is 2. The van der Waals surface area contributed by atoms with Gasteiger partial charge in [-0.1, -0.05) is 23.9 Å². The van der Waals surface area contributed by atoms with Crippen LogP contribution >= 0.6 is 11.3 Å². The molecule has 0 radical (unpaired) electrons. The number of thiophene rings is 1. The molecule has 0 aliphatic heterocycles. The van der Waals surface area contributed by atoms with Gasteiger partial charge in [-0.3, -0.25) is 9.59 Å². The van der Waals surface area contributed by atoms with Crippen LogP contribution in [0.1, 0.15) is 34.1 Å². The summed E-state index contributed by atoms with van der Waals surface area (Å²) in [5.74, 6) is -0.339. The molecule has 9 heteroatoms. The van der Waals surface area contributed by atoms with E-state index in [-0.39, 0.29) is 12.5 Å². The van der Waals surface area contributed by atoms with Crippen molar-refractivity contribution < 1.29 is 14.4 Å². The zero-order valence-corrected chi connectivity index (χ0v) is 15.6. The Morgan fingerprint density at radius 1 is 1.41 bits per heavy atom. The first kappa shape index (κ1) is 17.5. The number of nitrogens with zero attached hydrogens (tertiary/aromatic N) is 3. The smallest absolute Gasteiger partial charge is 0.265 e. The second-order valence-corrected chi connectivity index (χ2v) is 7.80. The maximum Gasteiger partial charge on any atom is 0.265 e. The van der Waals surface area contributed by atoms with Crippen molar-refractivity contribution in [1.82, 2.24) is 15.2 Å². The Kier molecular flexibility index (Phi) is 4.53. The Hall–Kier alpha value is -2.94. The summed E-state index contributed by atoms with van der Waals surface area (Å²) in [6.45, 7) is 1.92. The number of anilines is 1. The van der Waals surface area contributed by atoms with Crippen LogP contribution in [0.2, 0.25) is 0 Å². The van der Waals surface area contributed by atoms with Crippen molar-refractivity contribution in [3.8, 4) is 0 Å². The van der Waals surface area contributed by atoms with Gasteiger partial charge in [0, 0.05) is 4.88 Å². The standard InChI is InChI=1S/C18H19N5O3S/c1-10-6-7-11-14(8-10)27-18(16(11)17(19)25)20-15(24)9-26-23-13-5-3-2-4-12(13)21-22-23/h2-5,10H,6-9H2,1H3,(H2,19,25)(H,20,24)/t10-/m0/s1. The lowest BCUT2D eigenvalue weighted by Crippen LogP contribution is -2.27. The van der Waals surface area contributed by atoms with E-state index in [1.54, 1.807) is 12.1 Å². The predicted molar refractivity (Wildman–Crippen MR) is 102 cm³/mol. The van der Waals surface area contributed by atoms with Crippen molar-refractivity contribution in [2.75, 3.05) is 11.9 Å². The molecule has 1 aliphatic rings. The molecule has 0 fully saturated rings. The Morgan fingerprint density at radius 2 is 2.22 bits per heavy atom. The van der Waals surface area contributed by atoms with Crippen LogP contribution in [0.25, 0.3) is 11.0 Å². The Labute approximate surface area is 159 Å². The summed E-state index contributed by atoms with van der Waals surface area (Å²) in [7, 11) is 0. The number of nitrogens with one attached hydrogen (secondary N) is 1. The summed E-state index contributed by atoms with van der Waals surface area (Å²) in [6, 6.07) is 7.28. The number of nitrogens with two attached hydrogens (primary N) is 1. The highest BCUT2D eigenvalue weighted by atomic mass is 32.1. The van der Waals surface area contributed by atoms with Crippen LogP contribution in [0.15, 0.2) is 24.3 Å². The monoisotopic (exact) mass is 385 g/mol.